The Kier molecular flexibility index (Phi) is 3.95. The Hall–Kier alpha value is -2.16. The van der Waals surface area contributed by atoms with Gasteiger partial charge in [-0.3, -0.25) is 9.78 Å². The number of ether oxygens (including phenoxy) is 1. The van der Waals surface area contributed by atoms with Gasteiger partial charge in [0.05, 0.1) is 12.3 Å². The van der Waals surface area contributed by atoms with Gasteiger partial charge in [0.25, 0.3) is 0 Å². The fraction of sp³-hybridized carbons (Fsp3) is 0.250. The minimum absolute atomic E-state index is 0.0447. The van der Waals surface area contributed by atoms with Crippen LogP contribution in [-0.4, -0.2) is 17.4 Å². The molecule has 1 heterocycles. The monoisotopic (exact) mass is 255 g/mol. The minimum atomic E-state index is 0.0447. The molecule has 0 aliphatic rings. The third-order valence-corrected chi connectivity index (χ3v) is 2.93. The summed E-state index contributed by atoms with van der Waals surface area (Å²) in [6.45, 7) is 6.03. The van der Waals surface area contributed by atoms with Gasteiger partial charge in [-0.15, -0.1) is 0 Å². The smallest absolute Gasteiger partial charge is 0.161 e. The molecule has 1 aromatic carbocycles. The molecule has 0 amide bonds. The molecule has 2 rings (SSSR count). The van der Waals surface area contributed by atoms with Gasteiger partial charge in [-0.2, -0.15) is 0 Å². The first-order chi connectivity index (χ1) is 9.11. The maximum Gasteiger partial charge on any atom is 0.161 e. The summed E-state index contributed by atoms with van der Waals surface area (Å²) in [6, 6.07) is 11.5. The predicted octanol–water partition coefficient (Wildman–Crippen LogP) is 3.66. The van der Waals surface area contributed by atoms with Gasteiger partial charge in [0.2, 0.25) is 0 Å². The molecule has 0 unspecified atom stereocenters. The van der Waals surface area contributed by atoms with Crippen molar-refractivity contribution in [3.8, 4) is 17.0 Å². The predicted molar refractivity (Wildman–Crippen MR) is 75.6 cm³/mol. The Balaban J connectivity index is 2.31. The van der Waals surface area contributed by atoms with Crippen molar-refractivity contribution < 1.29 is 9.53 Å². The lowest BCUT2D eigenvalue weighted by molar-refractivity contribution is 0.101. The number of carbonyl (C=O) groups excluding carboxylic acids is 1. The lowest BCUT2D eigenvalue weighted by atomic mass is 10.1. The lowest BCUT2D eigenvalue weighted by Crippen LogP contribution is -1.99. The Morgan fingerprint density at radius 1 is 1.16 bits per heavy atom. The number of Topliss-reactive ketones (excluding diaryl/α,β-unsaturated/α-hetero) is 1. The minimum Gasteiger partial charge on any atom is -0.494 e. The van der Waals surface area contributed by atoms with Crippen molar-refractivity contribution in [1.29, 1.82) is 0 Å². The van der Waals surface area contributed by atoms with E-state index in [2.05, 4.69) is 4.98 Å². The molecule has 2 aromatic rings. The van der Waals surface area contributed by atoms with Crippen molar-refractivity contribution in [2.75, 3.05) is 6.61 Å². The van der Waals surface area contributed by atoms with Gasteiger partial charge in [0.15, 0.2) is 5.78 Å². The molecule has 0 aliphatic heterocycles. The van der Waals surface area contributed by atoms with Crippen LogP contribution in [0.1, 0.15) is 29.9 Å². The molecule has 0 radical (unpaired) electrons. The van der Waals surface area contributed by atoms with Crippen LogP contribution in [0.3, 0.4) is 0 Å². The van der Waals surface area contributed by atoms with E-state index in [0.717, 1.165) is 22.7 Å². The van der Waals surface area contributed by atoms with Crippen molar-refractivity contribution >= 4 is 5.78 Å². The molecular formula is C16H17NO2. The summed E-state index contributed by atoms with van der Waals surface area (Å²) in [7, 11) is 0. The number of nitrogens with zero attached hydrogens (tertiary/aromatic N) is 1. The van der Waals surface area contributed by atoms with Crippen molar-refractivity contribution in [3.63, 3.8) is 0 Å². The SMILES string of the molecule is CCOc1ccc(-c2ccc(C(C)=O)c(C)n2)cc1. The average Bonchev–Trinajstić information content (AvgIpc) is 2.39. The number of benzene rings is 1. The lowest BCUT2D eigenvalue weighted by Gasteiger charge is -2.07. The molecule has 0 saturated heterocycles. The average molecular weight is 255 g/mol. The van der Waals surface area contributed by atoms with Crippen LogP contribution < -0.4 is 4.74 Å². The zero-order valence-corrected chi connectivity index (χ0v) is 11.4. The van der Waals surface area contributed by atoms with E-state index < -0.39 is 0 Å². The second-order valence-corrected chi connectivity index (χ2v) is 4.34. The number of hydrogen-bond acceptors (Lipinski definition) is 3. The Morgan fingerprint density at radius 3 is 2.37 bits per heavy atom. The molecular weight excluding hydrogens is 238 g/mol. The highest BCUT2D eigenvalue weighted by atomic mass is 16.5. The highest BCUT2D eigenvalue weighted by Gasteiger charge is 2.07. The molecule has 3 heteroatoms. The Morgan fingerprint density at radius 2 is 1.84 bits per heavy atom. The first-order valence-corrected chi connectivity index (χ1v) is 6.33. The van der Waals surface area contributed by atoms with Gasteiger partial charge in [0.1, 0.15) is 5.75 Å². The Labute approximate surface area is 113 Å². The molecule has 1 aromatic heterocycles. The van der Waals surface area contributed by atoms with Gasteiger partial charge in [0, 0.05) is 16.8 Å². The van der Waals surface area contributed by atoms with Crippen molar-refractivity contribution in [2.45, 2.75) is 20.8 Å². The largest absolute Gasteiger partial charge is 0.494 e. The number of aromatic nitrogens is 1. The number of pyridine rings is 1. The molecule has 19 heavy (non-hydrogen) atoms. The second-order valence-electron chi connectivity index (χ2n) is 4.34. The van der Waals surface area contributed by atoms with E-state index in [1.54, 1.807) is 6.92 Å². The molecule has 0 fully saturated rings. The quantitative estimate of drug-likeness (QED) is 0.783. The standard InChI is InChI=1S/C16H17NO2/c1-4-19-14-7-5-13(6-8-14)16-10-9-15(12(3)18)11(2)17-16/h5-10H,4H2,1-3H3. The third-order valence-electron chi connectivity index (χ3n) is 2.93. The molecule has 98 valence electrons. The molecule has 0 N–H and O–H groups in total. The summed E-state index contributed by atoms with van der Waals surface area (Å²) in [5, 5.41) is 0. The van der Waals surface area contributed by atoms with E-state index >= 15 is 0 Å². The van der Waals surface area contributed by atoms with E-state index in [0.29, 0.717) is 12.2 Å². The molecule has 0 spiro atoms. The molecule has 0 saturated carbocycles. The summed E-state index contributed by atoms with van der Waals surface area (Å²) in [4.78, 5) is 15.9. The maximum absolute atomic E-state index is 11.4. The number of rotatable bonds is 4. The third kappa shape index (κ3) is 2.99. The fourth-order valence-corrected chi connectivity index (χ4v) is 1.98. The zero-order chi connectivity index (χ0) is 13.8. The molecule has 3 nitrogen and oxygen atoms in total. The number of ketones is 1. The van der Waals surface area contributed by atoms with Crippen molar-refractivity contribution in [3.05, 3.63) is 47.7 Å². The van der Waals surface area contributed by atoms with E-state index in [9.17, 15) is 4.79 Å². The van der Waals surface area contributed by atoms with Crippen LogP contribution in [0.25, 0.3) is 11.3 Å². The van der Waals surface area contributed by atoms with Crippen LogP contribution in [0.5, 0.6) is 5.75 Å². The van der Waals surface area contributed by atoms with E-state index in [1.807, 2.05) is 50.2 Å². The number of carbonyl (C=O) groups is 1. The fourth-order valence-electron chi connectivity index (χ4n) is 1.98. The highest BCUT2D eigenvalue weighted by molar-refractivity contribution is 5.95. The first kappa shape index (κ1) is 13.3. The van der Waals surface area contributed by atoms with Gasteiger partial charge in [-0.05, 0) is 57.2 Å². The van der Waals surface area contributed by atoms with Gasteiger partial charge in [-0.1, -0.05) is 0 Å². The maximum atomic E-state index is 11.4. The summed E-state index contributed by atoms with van der Waals surface area (Å²) >= 11 is 0. The summed E-state index contributed by atoms with van der Waals surface area (Å²) in [6.07, 6.45) is 0. The number of aryl methyl sites for hydroxylation is 1. The van der Waals surface area contributed by atoms with Crippen molar-refractivity contribution in [1.82, 2.24) is 4.98 Å². The van der Waals surface area contributed by atoms with Crippen LogP contribution in [0.2, 0.25) is 0 Å². The van der Waals surface area contributed by atoms with Crippen LogP contribution >= 0.6 is 0 Å². The van der Waals surface area contributed by atoms with Crippen LogP contribution in [0, 0.1) is 6.92 Å². The van der Waals surface area contributed by atoms with E-state index in [4.69, 9.17) is 4.74 Å². The van der Waals surface area contributed by atoms with Crippen molar-refractivity contribution in [2.24, 2.45) is 0 Å². The summed E-state index contributed by atoms with van der Waals surface area (Å²) in [5.74, 6) is 0.895. The van der Waals surface area contributed by atoms with E-state index in [1.165, 1.54) is 0 Å². The van der Waals surface area contributed by atoms with Crippen LogP contribution in [-0.2, 0) is 0 Å². The van der Waals surface area contributed by atoms with E-state index in [-0.39, 0.29) is 5.78 Å². The molecule has 0 atom stereocenters. The van der Waals surface area contributed by atoms with Gasteiger partial charge in [-0.25, -0.2) is 0 Å². The zero-order valence-electron chi connectivity index (χ0n) is 11.4. The number of hydrogen-bond donors (Lipinski definition) is 0. The summed E-state index contributed by atoms with van der Waals surface area (Å²) < 4.78 is 5.41. The summed E-state index contributed by atoms with van der Waals surface area (Å²) in [5.41, 5.74) is 3.32. The first-order valence-electron chi connectivity index (χ1n) is 6.33. The van der Waals surface area contributed by atoms with Crippen LogP contribution in [0.4, 0.5) is 0 Å². The Bertz CT molecular complexity index is 588. The van der Waals surface area contributed by atoms with Gasteiger partial charge >= 0.3 is 0 Å². The topological polar surface area (TPSA) is 39.2 Å². The second kappa shape index (κ2) is 5.65. The molecule has 0 aliphatic carbocycles. The van der Waals surface area contributed by atoms with Gasteiger partial charge < -0.3 is 4.74 Å². The van der Waals surface area contributed by atoms with Crippen LogP contribution in [0.15, 0.2) is 36.4 Å². The highest BCUT2D eigenvalue weighted by Crippen LogP contribution is 2.22. The molecule has 0 bridgehead atoms. The normalized spacial score (nSPS) is 10.3.